The van der Waals surface area contributed by atoms with Crippen LogP contribution < -0.4 is 10.1 Å². The predicted molar refractivity (Wildman–Crippen MR) is 59.9 cm³/mol. The number of rotatable bonds is 6. The molecule has 0 atom stereocenters. The zero-order chi connectivity index (χ0) is 11.1. The van der Waals surface area contributed by atoms with Crippen molar-refractivity contribution in [2.45, 2.75) is 33.7 Å². The molecule has 0 spiro atoms. The Morgan fingerprint density at radius 1 is 1.40 bits per heavy atom. The fraction of sp³-hybridized carbons (Fsp3) is 0.636. The fourth-order valence-electron chi connectivity index (χ4n) is 1.24. The van der Waals surface area contributed by atoms with Gasteiger partial charge in [0.15, 0.2) is 0 Å². The normalized spacial score (nSPS) is 10.3. The van der Waals surface area contributed by atoms with Crippen LogP contribution in [0.1, 0.15) is 31.5 Å². The first-order valence-corrected chi connectivity index (χ1v) is 5.44. The number of nitrogens with one attached hydrogen (secondary N) is 1. The summed E-state index contributed by atoms with van der Waals surface area (Å²) in [5, 5.41) is 3.32. The summed E-state index contributed by atoms with van der Waals surface area (Å²) in [6.07, 6.45) is 2.97. The molecule has 0 saturated heterocycles. The molecule has 0 unspecified atom stereocenters. The van der Waals surface area contributed by atoms with E-state index >= 15 is 0 Å². The Balaban J connectivity index is 2.58. The average Bonchev–Trinajstić information content (AvgIpc) is 2.22. The van der Waals surface area contributed by atoms with Gasteiger partial charge in [-0.15, -0.1) is 0 Å². The van der Waals surface area contributed by atoms with Crippen molar-refractivity contribution in [1.82, 2.24) is 15.3 Å². The monoisotopic (exact) mass is 209 g/mol. The lowest BCUT2D eigenvalue weighted by Crippen LogP contribution is -2.15. The van der Waals surface area contributed by atoms with Gasteiger partial charge in [-0.3, -0.25) is 0 Å². The highest BCUT2D eigenvalue weighted by Gasteiger charge is 2.02. The van der Waals surface area contributed by atoms with E-state index in [1.165, 1.54) is 0 Å². The third-order valence-corrected chi connectivity index (χ3v) is 2.07. The molecule has 1 aromatic heterocycles. The minimum absolute atomic E-state index is 0.467. The van der Waals surface area contributed by atoms with Crippen LogP contribution in [0.25, 0.3) is 0 Å². The molecule has 1 N–H and O–H groups in total. The first-order chi connectivity index (χ1) is 7.27. The molecule has 1 heterocycles. The fourth-order valence-corrected chi connectivity index (χ4v) is 1.24. The van der Waals surface area contributed by atoms with E-state index in [-0.39, 0.29) is 0 Å². The first kappa shape index (κ1) is 11.9. The number of hydrogen-bond acceptors (Lipinski definition) is 4. The maximum absolute atomic E-state index is 5.22. The Kier molecular flexibility index (Phi) is 5.04. The molecule has 0 radical (unpaired) electrons. The third-order valence-electron chi connectivity index (χ3n) is 2.07. The van der Waals surface area contributed by atoms with Crippen molar-refractivity contribution in [3.8, 4) is 6.01 Å². The molecule has 0 saturated carbocycles. The molecular weight excluding hydrogens is 190 g/mol. The summed E-state index contributed by atoms with van der Waals surface area (Å²) in [4.78, 5) is 8.40. The summed E-state index contributed by atoms with van der Waals surface area (Å²) < 4.78 is 5.22. The van der Waals surface area contributed by atoms with Gasteiger partial charge in [0.1, 0.15) is 0 Å². The van der Waals surface area contributed by atoms with Gasteiger partial charge in [-0.25, -0.2) is 9.97 Å². The summed E-state index contributed by atoms with van der Waals surface area (Å²) in [6, 6.07) is 0.467. The minimum atomic E-state index is 0.467. The molecule has 0 fully saturated rings. The molecule has 0 aliphatic carbocycles. The highest BCUT2D eigenvalue weighted by molar-refractivity contribution is 5.17. The van der Waals surface area contributed by atoms with Crippen LogP contribution in [0.5, 0.6) is 6.01 Å². The number of aryl methyl sites for hydroxylation is 1. The Morgan fingerprint density at radius 2 is 2.20 bits per heavy atom. The van der Waals surface area contributed by atoms with Crippen LogP contribution in [0.4, 0.5) is 0 Å². The first-order valence-electron chi connectivity index (χ1n) is 5.44. The molecule has 1 aromatic rings. The maximum Gasteiger partial charge on any atom is 0.316 e. The van der Waals surface area contributed by atoms with Gasteiger partial charge in [-0.2, -0.15) is 0 Å². The van der Waals surface area contributed by atoms with Gasteiger partial charge in [0, 0.05) is 24.0 Å². The van der Waals surface area contributed by atoms with Gasteiger partial charge in [0.25, 0.3) is 0 Å². The zero-order valence-corrected chi connectivity index (χ0v) is 9.71. The Morgan fingerprint density at radius 3 is 2.80 bits per heavy atom. The summed E-state index contributed by atoms with van der Waals surface area (Å²) in [5.74, 6) is 0. The lowest BCUT2D eigenvalue weighted by atomic mass is 10.2. The van der Waals surface area contributed by atoms with Crippen molar-refractivity contribution < 1.29 is 4.74 Å². The Hall–Kier alpha value is -1.16. The van der Waals surface area contributed by atoms with E-state index in [9.17, 15) is 0 Å². The second kappa shape index (κ2) is 6.35. The smallest absolute Gasteiger partial charge is 0.316 e. The number of ether oxygens (including phenoxy) is 1. The van der Waals surface area contributed by atoms with E-state index in [0.29, 0.717) is 12.6 Å². The molecule has 0 amide bonds. The summed E-state index contributed by atoms with van der Waals surface area (Å²) in [6.45, 7) is 8.50. The van der Waals surface area contributed by atoms with Crippen LogP contribution in [0.3, 0.4) is 0 Å². The summed E-state index contributed by atoms with van der Waals surface area (Å²) in [5.41, 5.74) is 2.11. The molecule has 0 aliphatic heterocycles. The van der Waals surface area contributed by atoms with Crippen LogP contribution in [0.15, 0.2) is 6.20 Å². The van der Waals surface area contributed by atoms with E-state index in [2.05, 4.69) is 22.2 Å². The van der Waals surface area contributed by atoms with Gasteiger partial charge < -0.3 is 10.1 Å². The predicted octanol–water partition coefficient (Wildman–Crippen LogP) is 1.68. The molecule has 1 rings (SSSR count). The molecule has 15 heavy (non-hydrogen) atoms. The molecule has 0 aromatic carbocycles. The van der Waals surface area contributed by atoms with Crippen LogP contribution in [0, 0.1) is 6.92 Å². The minimum Gasteiger partial charge on any atom is -0.464 e. The Labute approximate surface area is 91.1 Å². The topological polar surface area (TPSA) is 47.0 Å². The third kappa shape index (κ3) is 3.83. The van der Waals surface area contributed by atoms with Gasteiger partial charge in [-0.1, -0.05) is 6.92 Å². The second-order valence-electron chi connectivity index (χ2n) is 3.37. The van der Waals surface area contributed by atoms with Gasteiger partial charge >= 0.3 is 6.01 Å². The zero-order valence-electron chi connectivity index (χ0n) is 9.71. The highest BCUT2D eigenvalue weighted by atomic mass is 16.5. The lowest BCUT2D eigenvalue weighted by molar-refractivity contribution is 0.311. The van der Waals surface area contributed by atoms with Crippen LogP contribution in [0.2, 0.25) is 0 Å². The highest BCUT2D eigenvalue weighted by Crippen LogP contribution is 2.08. The molecular formula is C11H19N3O. The van der Waals surface area contributed by atoms with Gasteiger partial charge in [0.05, 0.1) is 6.61 Å². The van der Waals surface area contributed by atoms with Gasteiger partial charge in [-0.05, 0) is 26.8 Å². The van der Waals surface area contributed by atoms with Crippen LogP contribution in [-0.4, -0.2) is 23.1 Å². The van der Waals surface area contributed by atoms with E-state index in [0.717, 1.165) is 30.8 Å². The van der Waals surface area contributed by atoms with Crippen molar-refractivity contribution in [1.29, 1.82) is 0 Å². The molecule has 84 valence electrons. The van der Waals surface area contributed by atoms with E-state index in [1.807, 2.05) is 20.0 Å². The SMILES string of the molecule is CCCNCc1cnc(OCC)nc1C. The number of hydrogen-bond donors (Lipinski definition) is 1. The van der Waals surface area contributed by atoms with Crippen molar-refractivity contribution in [3.63, 3.8) is 0 Å². The summed E-state index contributed by atoms with van der Waals surface area (Å²) >= 11 is 0. The largest absolute Gasteiger partial charge is 0.464 e. The van der Waals surface area contributed by atoms with E-state index < -0.39 is 0 Å². The molecule has 4 heteroatoms. The van der Waals surface area contributed by atoms with Crippen molar-refractivity contribution >= 4 is 0 Å². The molecule has 0 bridgehead atoms. The van der Waals surface area contributed by atoms with Crippen LogP contribution >= 0.6 is 0 Å². The van der Waals surface area contributed by atoms with E-state index in [4.69, 9.17) is 4.74 Å². The van der Waals surface area contributed by atoms with Crippen molar-refractivity contribution in [2.75, 3.05) is 13.2 Å². The average molecular weight is 209 g/mol. The lowest BCUT2D eigenvalue weighted by Gasteiger charge is -2.07. The van der Waals surface area contributed by atoms with Crippen LogP contribution in [-0.2, 0) is 6.54 Å². The number of nitrogens with zero attached hydrogens (tertiary/aromatic N) is 2. The van der Waals surface area contributed by atoms with E-state index in [1.54, 1.807) is 0 Å². The van der Waals surface area contributed by atoms with Gasteiger partial charge in [0.2, 0.25) is 0 Å². The van der Waals surface area contributed by atoms with Crippen molar-refractivity contribution in [3.05, 3.63) is 17.5 Å². The molecule has 0 aliphatic rings. The second-order valence-corrected chi connectivity index (χ2v) is 3.37. The number of aromatic nitrogens is 2. The Bertz CT molecular complexity index is 302. The molecule has 4 nitrogen and oxygen atoms in total. The standard InChI is InChI=1S/C11H19N3O/c1-4-6-12-7-10-8-13-11(15-5-2)14-9(10)3/h8,12H,4-7H2,1-3H3. The van der Waals surface area contributed by atoms with Crippen molar-refractivity contribution in [2.24, 2.45) is 0 Å². The summed E-state index contributed by atoms with van der Waals surface area (Å²) in [7, 11) is 0. The maximum atomic E-state index is 5.22. The quantitative estimate of drug-likeness (QED) is 0.724.